The number of rotatable bonds is 4. The van der Waals surface area contributed by atoms with Crippen molar-refractivity contribution in [3.63, 3.8) is 0 Å². The second-order valence-electron chi connectivity index (χ2n) is 11.6. The molecule has 1 unspecified atom stereocenters. The average molecular weight is 535 g/mol. The van der Waals surface area contributed by atoms with Gasteiger partial charge in [-0.2, -0.15) is 4.90 Å². The van der Waals surface area contributed by atoms with E-state index >= 15 is 0 Å². The van der Waals surface area contributed by atoms with Gasteiger partial charge in [0, 0.05) is 13.0 Å². The number of carbonyl (C=O) groups excluding carboxylic acids is 4. The zero-order valence-electron chi connectivity index (χ0n) is 23.8. The number of hydrogen-bond donors (Lipinski definition) is 1. The second-order valence-corrected chi connectivity index (χ2v) is 11.6. The molecule has 210 valence electrons. The maximum absolute atomic E-state index is 13.1. The van der Waals surface area contributed by atoms with Crippen LogP contribution in [0.25, 0.3) is 5.57 Å². The Hall–Kier alpha value is -3.54. The quantitative estimate of drug-likeness (QED) is 0.441. The number of nitrogens with one attached hydrogen (secondary N) is 1. The molecule has 2 heterocycles. The smallest absolute Gasteiger partial charge is 0.425 e. The van der Waals surface area contributed by atoms with Crippen LogP contribution in [0.5, 0.6) is 0 Å². The Labute approximate surface area is 223 Å². The maximum Gasteiger partial charge on any atom is 0.425 e. The lowest BCUT2D eigenvalue weighted by atomic mass is 9.99. The van der Waals surface area contributed by atoms with E-state index in [0.29, 0.717) is 17.0 Å². The van der Waals surface area contributed by atoms with Gasteiger partial charge in [0.25, 0.3) is 0 Å². The van der Waals surface area contributed by atoms with E-state index < -0.39 is 58.5 Å². The minimum atomic E-state index is -1.11. The average Bonchev–Trinajstić information content (AvgIpc) is 2.75. The molecule has 2 rings (SSSR count). The van der Waals surface area contributed by atoms with Crippen molar-refractivity contribution in [2.45, 2.75) is 91.6 Å². The van der Waals surface area contributed by atoms with Crippen molar-refractivity contribution < 1.29 is 38.1 Å². The summed E-state index contributed by atoms with van der Waals surface area (Å²) in [6.07, 6.45) is 1.10. The Morgan fingerprint density at radius 3 is 1.89 bits per heavy atom. The molecule has 1 aromatic heterocycles. The third kappa shape index (κ3) is 8.79. The lowest BCUT2D eigenvalue weighted by Gasteiger charge is -2.29. The summed E-state index contributed by atoms with van der Waals surface area (Å²) in [7, 11) is 1.13. The first-order valence-corrected chi connectivity index (χ1v) is 12.2. The van der Waals surface area contributed by atoms with Crippen LogP contribution < -0.4 is 10.2 Å². The molecule has 0 aromatic carbocycles. The SMILES string of the molecule is COC(=O)c1nc(C2=CCNC(C(=O)OC(C)(C)C)C2)cnc1N(C(=O)OC(C)(C)C)C(=O)OC(C)(C)C. The molecule has 0 fully saturated rings. The van der Waals surface area contributed by atoms with Crippen LogP contribution in [0.2, 0.25) is 0 Å². The van der Waals surface area contributed by atoms with Gasteiger partial charge < -0.3 is 24.3 Å². The molecule has 12 nitrogen and oxygen atoms in total. The molecule has 0 aliphatic carbocycles. The Bertz CT molecular complexity index is 1080. The fourth-order valence-corrected chi connectivity index (χ4v) is 3.25. The summed E-state index contributed by atoms with van der Waals surface area (Å²) >= 11 is 0. The Kier molecular flexibility index (Phi) is 9.25. The van der Waals surface area contributed by atoms with Gasteiger partial charge in [0.1, 0.15) is 22.8 Å². The molecule has 1 aliphatic heterocycles. The number of nitrogens with zero attached hydrogens (tertiary/aromatic N) is 3. The van der Waals surface area contributed by atoms with Crippen molar-refractivity contribution in [1.82, 2.24) is 15.3 Å². The van der Waals surface area contributed by atoms with Crippen LogP contribution in [0.4, 0.5) is 15.4 Å². The number of ether oxygens (including phenoxy) is 4. The lowest BCUT2D eigenvalue weighted by Crippen LogP contribution is -2.45. The third-order valence-corrected chi connectivity index (χ3v) is 4.65. The third-order valence-electron chi connectivity index (χ3n) is 4.65. The summed E-state index contributed by atoms with van der Waals surface area (Å²) in [6.45, 7) is 15.4. The van der Waals surface area contributed by atoms with E-state index in [4.69, 9.17) is 18.9 Å². The van der Waals surface area contributed by atoms with Gasteiger partial charge in [0.2, 0.25) is 0 Å². The molecule has 0 spiro atoms. The first-order valence-electron chi connectivity index (χ1n) is 12.2. The molecule has 38 heavy (non-hydrogen) atoms. The van der Waals surface area contributed by atoms with Crippen LogP contribution in [0.15, 0.2) is 12.3 Å². The van der Waals surface area contributed by atoms with Crippen LogP contribution in [-0.2, 0) is 23.7 Å². The van der Waals surface area contributed by atoms with Crippen molar-refractivity contribution in [2.75, 3.05) is 18.6 Å². The minimum Gasteiger partial charge on any atom is -0.464 e. The van der Waals surface area contributed by atoms with Crippen molar-refractivity contribution in [1.29, 1.82) is 0 Å². The fourth-order valence-electron chi connectivity index (χ4n) is 3.25. The first-order chi connectivity index (χ1) is 17.3. The van der Waals surface area contributed by atoms with Crippen LogP contribution in [0, 0.1) is 0 Å². The summed E-state index contributed by atoms with van der Waals surface area (Å²) in [6, 6.07) is -0.641. The van der Waals surface area contributed by atoms with E-state index in [1.807, 2.05) is 0 Å². The number of aromatic nitrogens is 2. The van der Waals surface area contributed by atoms with Crippen LogP contribution in [0.1, 0.15) is 84.9 Å². The minimum absolute atomic E-state index is 0.214. The zero-order chi connectivity index (χ0) is 29.1. The van der Waals surface area contributed by atoms with Crippen LogP contribution in [-0.4, -0.2) is 70.6 Å². The van der Waals surface area contributed by atoms with Crippen LogP contribution in [0.3, 0.4) is 0 Å². The first kappa shape index (κ1) is 30.7. The fraction of sp³-hybridized carbons (Fsp3) is 0.615. The Morgan fingerprint density at radius 1 is 0.895 bits per heavy atom. The Balaban J connectivity index is 2.53. The topological polar surface area (TPSA) is 146 Å². The zero-order valence-corrected chi connectivity index (χ0v) is 23.8. The van der Waals surface area contributed by atoms with Crippen molar-refractivity contribution in [3.05, 3.63) is 23.7 Å². The summed E-state index contributed by atoms with van der Waals surface area (Å²) in [5.74, 6) is -1.78. The normalized spacial score (nSPS) is 16.2. The molecular formula is C26H38N4O8. The van der Waals surface area contributed by atoms with E-state index in [9.17, 15) is 19.2 Å². The molecule has 0 bridgehead atoms. The van der Waals surface area contributed by atoms with E-state index in [2.05, 4.69) is 15.3 Å². The molecular weight excluding hydrogens is 496 g/mol. The van der Waals surface area contributed by atoms with E-state index in [-0.39, 0.29) is 12.1 Å². The van der Waals surface area contributed by atoms with Gasteiger partial charge in [-0.15, -0.1) is 0 Å². The van der Waals surface area contributed by atoms with Crippen molar-refractivity contribution in [3.8, 4) is 0 Å². The number of esters is 2. The number of carbonyl (C=O) groups is 4. The summed E-state index contributed by atoms with van der Waals surface area (Å²) in [4.78, 5) is 60.6. The van der Waals surface area contributed by atoms with Gasteiger partial charge in [-0.05, 0) is 67.9 Å². The van der Waals surface area contributed by atoms with Gasteiger partial charge in [0.15, 0.2) is 11.5 Å². The van der Waals surface area contributed by atoms with E-state index in [1.54, 1.807) is 68.4 Å². The van der Waals surface area contributed by atoms with Gasteiger partial charge >= 0.3 is 24.1 Å². The number of methoxy groups -OCH3 is 1. The standard InChI is InChI=1S/C26H38N4O8/c1-24(2,3)36-20(31)16-13-15(11-12-27-16)17-14-28-19(18(29-17)21(32)35-10)30(22(33)37-25(4,5)6)23(34)38-26(7,8)9/h11,14,16,27H,12-13H2,1-10H3. The Morgan fingerprint density at radius 2 is 1.42 bits per heavy atom. The highest BCUT2D eigenvalue weighted by atomic mass is 16.6. The molecule has 0 saturated heterocycles. The van der Waals surface area contributed by atoms with Gasteiger partial charge in [-0.1, -0.05) is 6.08 Å². The number of amides is 2. The van der Waals surface area contributed by atoms with Crippen molar-refractivity contribution in [2.24, 2.45) is 0 Å². The second kappa shape index (κ2) is 11.5. The molecule has 0 radical (unpaired) electrons. The molecule has 1 atom stereocenters. The monoisotopic (exact) mass is 534 g/mol. The molecule has 0 saturated carbocycles. The highest BCUT2D eigenvalue weighted by Crippen LogP contribution is 2.27. The number of anilines is 1. The van der Waals surface area contributed by atoms with Gasteiger partial charge in [-0.25, -0.2) is 24.4 Å². The predicted octanol–water partition coefficient (Wildman–Crippen LogP) is 4.03. The summed E-state index contributed by atoms with van der Waals surface area (Å²) in [5, 5.41) is 3.07. The van der Waals surface area contributed by atoms with Gasteiger partial charge in [-0.3, -0.25) is 4.79 Å². The molecule has 1 aromatic rings. The van der Waals surface area contributed by atoms with Crippen molar-refractivity contribution >= 4 is 35.5 Å². The largest absolute Gasteiger partial charge is 0.464 e. The molecule has 2 amide bonds. The molecule has 1 aliphatic rings. The number of hydrogen-bond acceptors (Lipinski definition) is 11. The molecule has 1 N–H and O–H groups in total. The van der Waals surface area contributed by atoms with Crippen LogP contribution >= 0.6 is 0 Å². The summed E-state index contributed by atoms with van der Waals surface area (Å²) < 4.78 is 21.1. The van der Waals surface area contributed by atoms with Gasteiger partial charge in [0.05, 0.1) is 19.0 Å². The molecule has 12 heteroatoms. The van der Waals surface area contributed by atoms with E-state index in [0.717, 1.165) is 7.11 Å². The highest BCUT2D eigenvalue weighted by molar-refractivity contribution is 6.12. The highest BCUT2D eigenvalue weighted by Gasteiger charge is 2.38. The maximum atomic E-state index is 13.1. The summed E-state index contributed by atoms with van der Waals surface area (Å²) in [5.41, 5.74) is -2.12. The van der Waals surface area contributed by atoms with E-state index in [1.165, 1.54) is 6.20 Å². The number of imide groups is 1. The lowest BCUT2D eigenvalue weighted by molar-refractivity contribution is -0.157. The predicted molar refractivity (Wildman–Crippen MR) is 139 cm³/mol.